The highest BCUT2D eigenvalue weighted by Crippen LogP contribution is 2.43. The van der Waals surface area contributed by atoms with E-state index in [-0.39, 0.29) is 56.5 Å². The van der Waals surface area contributed by atoms with Crippen molar-refractivity contribution in [2.24, 2.45) is 17.8 Å². The van der Waals surface area contributed by atoms with Crippen molar-refractivity contribution in [2.75, 3.05) is 19.8 Å². The van der Waals surface area contributed by atoms with Gasteiger partial charge in [0.2, 0.25) is 0 Å². The van der Waals surface area contributed by atoms with Crippen molar-refractivity contribution in [1.29, 1.82) is 0 Å². The number of rotatable bonds is 13. The lowest BCUT2D eigenvalue weighted by Crippen LogP contribution is -2.65. The van der Waals surface area contributed by atoms with E-state index in [0.717, 1.165) is 12.8 Å². The molecular weight excluding hydrogens is 844 g/mol. The molecule has 22 heteroatoms. The van der Waals surface area contributed by atoms with Crippen LogP contribution in [0.3, 0.4) is 0 Å². The second-order valence-electron chi connectivity index (χ2n) is 18.8. The van der Waals surface area contributed by atoms with Gasteiger partial charge >= 0.3 is 5.97 Å². The third-order valence-corrected chi connectivity index (χ3v) is 14.3. The number of esters is 1. The van der Waals surface area contributed by atoms with Gasteiger partial charge in [-0.15, -0.1) is 0 Å². The molecule has 0 spiro atoms. The largest absolute Gasteiger partial charge is 0.463 e. The van der Waals surface area contributed by atoms with Gasteiger partial charge in [-0.05, 0) is 63.7 Å². The Labute approximate surface area is 364 Å². The summed E-state index contributed by atoms with van der Waals surface area (Å²) in [6.45, 7) is -1.60. The first-order valence-electron chi connectivity index (χ1n) is 22.5. The van der Waals surface area contributed by atoms with Gasteiger partial charge in [0, 0.05) is 25.2 Å². The Balaban J connectivity index is 1.05. The van der Waals surface area contributed by atoms with Crippen LogP contribution < -0.4 is 0 Å². The van der Waals surface area contributed by atoms with Crippen molar-refractivity contribution in [3.05, 3.63) is 0 Å². The van der Waals surface area contributed by atoms with Gasteiger partial charge < -0.3 is 104 Å². The Bertz CT molecular complexity index is 1440. The quantitative estimate of drug-likeness (QED) is 0.0606. The molecule has 3 saturated carbocycles. The van der Waals surface area contributed by atoms with E-state index in [1.807, 2.05) is 0 Å². The minimum atomic E-state index is -1.89. The highest BCUT2D eigenvalue weighted by Gasteiger charge is 2.56. The van der Waals surface area contributed by atoms with Crippen LogP contribution in [-0.4, -0.2) is 232 Å². The zero-order valence-corrected chi connectivity index (χ0v) is 35.1. The van der Waals surface area contributed by atoms with Crippen LogP contribution in [0.25, 0.3) is 0 Å². The van der Waals surface area contributed by atoms with Crippen molar-refractivity contribution < 1.29 is 109 Å². The van der Waals surface area contributed by atoms with E-state index in [0.29, 0.717) is 25.7 Å². The van der Waals surface area contributed by atoms with E-state index in [1.54, 1.807) is 0 Å². The molecular formula is C41H69O22+. The van der Waals surface area contributed by atoms with Crippen molar-refractivity contribution in [1.82, 2.24) is 0 Å². The van der Waals surface area contributed by atoms with Crippen LogP contribution in [0.1, 0.15) is 77.0 Å². The average Bonchev–Trinajstić information content (AvgIpc) is 3.25. The number of fused-ring (bicyclic) bond motifs is 1. The van der Waals surface area contributed by atoms with E-state index in [9.17, 15) is 71.2 Å². The summed E-state index contributed by atoms with van der Waals surface area (Å²) in [5.41, 5.74) is 0. The number of carbonyl (C=O) groups is 1. The van der Waals surface area contributed by atoms with Gasteiger partial charge in [-0.2, -0.15) is 0 Å². The monoisotopic (exact) mass is 913 g/mol. The lowest BCUT2D eigenvalue weighted by Gasteiger charge is -2.49. The van der Waals surface area contributed by atoms with Gasteiger partial charge in [-0.1, -0.05) is 0 Å². The predicted octanol–water partition coefficient (Wildman–Crippen LogP) is -5.34. The number of hydrogen-bond donors (Lipinski definition) is 13. The summed E-state index contributed by atoms with van der Waals surface area (Å²) in [4.78, 5) is 12.6. The minimum Gasteiger partial charge on any atom is -0.463 e. The molecule has 9 unspecified atom stereocenters. The van der Waals surface area contributed by atoms with Crippen LogP contribution in [-0.2, 0) is 38.0 Å². The average molecular weight is 914 g/mol. The molecule has 7 fully saturated rings. The van der Waals surface area contributed by atoms with Gasteiger partial charge in [0.1, 0.15) is 79.9 Å². The summed E-state index contributed by atoms with van der Waals surface area (Å²) in [5.74, 6) is -1.12. The summed E-state index contributed by atoms with van der Waals surface area (Å²) in [6.07, 6.45) is -24.7. The van der Waals surface area contributed by atoms with Gasteiger partial charge in [0.05, 0.1) is 49.7 Å². The molecule has 63 heavy (non-hydrogen) atoms. The SMILES string of the molecule is O=C(CCC1CCC(O)CC1)OC[C@H]1O[C@@H](OC[C@H]2O[C@@H](OC3CC4C(O)CC(O)CC4[OH+]C3C3CCC(O)C(O)C3)[C@H](O[C@@H]3OC[C@@H](O)[C@H](O)[C@H]3O)[C@@H](O)[C@H]2O)[C@H](O)[C@@H](O)[C@@H]1O. The van der Waals surface area contributed by atoms with Crippen molar-refractivity contribution >= 4 is 5.97 Å². The van der Waals surface area contributed by atoms with Gasteiger partial charge in [0.25, 0.3) is 0 Å². The molecule has 0 aromatic carbocycles. The van der Waals surface area contributed by atoms with Crippen molar-refractivity contribution in [2.45, 2.75) is 212 Å². The molecule has 4 aliphatic heterocycles. The molecule has 7 rings (SSSR count). The van der Waals surface area contributed by atoms with Crippen LogP contribution >= 0.6 is 0 Å². The lowest BCUT2D eigenvalue weighted by molar-refractivity contribution is -0.385. The second-order valence-corrected chi connectivity index (χ2v) is 18.8. The fourth-order valence-electron chi connectivity index (χ4n) is 10.4. The van der Waals surface area contributed by atoms with Crippen LogP contribution in [0.5, 0.6) is 0 Å². The molecule has 7 aliphatic rings. The minimum absolute atomic E-state index is 0.0859. The fraction of sp³-hybridized carbons (Fsp3) is 0.976. The summed E-state index contributed by atoms with van der Waals surface area (Å²) in [7, 11) is 0. The van der Waals surface area contributed by atoms with Crippen molar-refractivity contribution in [3.63, 3.8) is 0 Å². The Morgan fingerprint density at radius 3 is 1.98 bits per heavy atom. The van der Waals surface area contributed by atoms with Gasteiger partial charge in [-0.25, -0.2) is 0 Å². The maximum absolute atomic E-state index is 12.6. The predicted molar refractivity (Wildman–Crippen MR) is 207 cm³/mol. The van der Waals surface area contributed by atoms with Gasteiger partial charge in [0.15, 0.2) is 31.1 Å². The first kappa shape index (κ1) is 49.6. The summed E-state index contributed by atoms with van der Waals surface area (Å²) in [6, 6.07) is 0. The highest BCUT2D eigenvalue weighted by molar-refractivity contribution is 5.69. The Kier molecular flexibility index (Phi) is 17.1. The zero-order valence-electron chi connectivity index (χ0n) is 35.1. The van der Waals surface area contributed by atoms with E-state index in [4.69, 9.17) is 37.9 Å². The smallest absolute Gasteiger partial charge is 0.305 e. The Morgan fingerprint density at radius 2 is 1.25 bits per heavy atom. The van der Waals surface area contributed by atoms with E-state index < -0.39 is 160 Å². The lowest BCUT2D eigenvalue weighted by atomic mass is 9.72. The summed E-state index contributed by atoms with van der Waals surface area (Å²) >= 11 is 0. The molecule has 0 bridgehead atoms. The molecule has 0 amide bonds. The molecule has 4 heterocycles. The molecule has 0 radical (unpaired) electrons. The molecule has 0 aromatic rings. The summed E-state index contributed by atoms with van der Waals surface area (Å²) < 4.78 is 46.1. The van der Waals surface area contributed by atoms with Crippen LogP contribution in [0.2, 0.25) is 0 Å². The van der Waals surface area contributed by atoms with E-state index in [1.165, 1.54) is 0 Å². The molecule has 3 aliphatic carbocycles. The van der Waals surface area contributed by atoms with E-state index >= 15 is 0 Å². The number of aliphatic hydroxyl groups is 15. The molecule has 4 saturated heterocycles. The number of hydrogen-bond acceptors (Lipinski definition) is 21. The Morgan fingerprint density at radius 1 is 0.571 bits per heavy atom. The maximum atomic E-state index is 12.6. The van der Waals surface area contributed by atoms with Crippen LogP contribution in [0, 0.1) is 17.8 Å². The second kappa shape index (κ2) is 21.7. The number of aliphatic hydroxyl groups excluding tert-OH is 13. The first-order chi connectivity index (χ1) is 30.0. The summed E-state index contributed by atoms with van der Waals surface area (Å²) in [5, 5.41) is 139. The normalized spacial score (nSPS) is 51.0. The molecule has 23 atom stereocenters. The Hall–Kier alpha value is -1.33. The molecule has 0 aromatic heterocycles. The highest BCUT2D eigenvalue weighted by atomic mass is 16.8. The fourth-order valence-corrected chi connectivity index (χ4v) is 10.4. The third kappa shape index (κ3) is 11.7. The molecule has 22 nitrogen and oxygen atoms in total. The standard InChI is InChI=1S/C41H68O22/c42-18-5-1-16(2-6-18)3-8-29(48)56-14-27-31(50)33(52)36(55)39(61-27)58-15-28-32(51)34(53)38(63-40-35(54)30(49)24(47)13-57-40)41(62-28)60-26-12-20-22(45)10-19(43)11-25(20)59-37(26)17-4-7-21(44)23(46)9-17/h16-28,30-47,49-55H,1-15H2/p+1/t16?,17?,18?,19?,20?,21?,22?,23?,24-,25?,26?,27-,28-,30+,31-,32+,33+,34+,35-,36-,37?,38-,39-,40+,41-/m1/s1. The maximum Gasteiger partial charge on any atom is 0.305 e. The first-order valence-corrected chi connectivity index (χ1v) is 22.5. The third-order valence-electron chi connectivity index (χ3n) is 14.3. The molecule has 364 valence electrons. The van der Waals surface area contributed by atoms with E-state index in [2.05, 4.69) is 0 Å². The van der Waals surface area contributed by atoms with Crippen LogP contribution in [0.4, 0.5) is 0 Å². The topological polar surface area (TPSA) is 357 Å². The van der Waals surface area contributed by atoms with Crippen molar-refractivity contribution in [3.8, 4) is 0 Å². The molecule has 14 N–H and O–H groups in total. The zero-order chi connectivity index (χ0) is 45.3. The van der Waals surface area contributed by atoms with Gasteiger partial charge in [-0.3, -0.25) is 4.79 Å². The van der Waals surface area contributed by atoms with Crippen LogP contribution in [0.15, 0.2) is 0 Å². The number of carbonyl (C=O) groups excluding carboxylic acids is 1. The number of ether oxygens (including phenoxy) is 8.